The lowest BCUT2D eigenvalue weighted by atomic mass is 10.0. The summed E-state index contributed by atoms with van der Waals surface area (Å²) in [6, 6.07) is 2.00. The van der Waals surface area contributed by atoms with Gasteiger partial charge >= 0.3 is 6.18 Å². The van der Waals surface area contributed by atoms with E-state index in [9.17, 15) is 18.0 Å². The maximum atomic E-state index is 13.1. The number of hydrogen-bond acceptors (Lipinski definition) is 5. The van der Waals surface area contributed by atoms with Crippen LogP contribution in [0.4, 0.5) is 13.2 Å². The number of carbonyl (C=O) groups excluding carboxylic acids is 1. The Bertz CT molecular complexity index is 719. The van der Waals surface area contributed by atoms with Crippen molar-refractivity contribution in [3.05, 3.63) is 41.5 Å². The molecule has 1 fully saturated rings. The summed E-state index contributed by atoms with van der Waals surface area (Å²) in [4.78, 5) is 17.5. The molecular formula is C14H14F3N5O2. The van der Waals surface area contributed by atoms with E-state index >= 15 is 0 Å². The number of carbonyl (C=O) groups is 1. The van der Waals surface area contributed by atoms with Gasteiger partial charge in [0.2, 0.25) is 0 Å². The number of likely N-dealkylation sites (tertiary alicyclic amines) is 1. The Morgan fingerprint density at radius 3 is 2.83 bits per heavy atom. The maximum absolute atomic E-state index is 13.1. The Morgan fingerprint density at radius 2 is 2.21 bits per heavy atom. The van der Waals surface area contributed by atoms with Crippen LogP contribution in [-0.2, 0) is 10.9 Å². The second-order valence-corrected chi connectivity index (χ2v) is 5.38. The van der Waals surface area contributed by atoms with Crippen LogP contribution in [0.3, 0.4) is 0 Å². The van der Waals surface area contributed by atoms with Crippen molar-refractivity contribution in [2.75, 3.05) is 20.2 Å². The molecule has 1 saturated heterocycles. The minimum absolute atomic E-state index is 0.154. The van der Waals surface area contributed by atoms with Gasteiger partial charge in [0, 0.05) is 26.4 Å². The predicted octanol–water partition coefficient (Wildman–Crippen LogP) is 1.47. The number of amides is 1. The minimum Gasteiger partial charge on any atom is -0.379 e. The van der Waals surface area contributed by atoms with Crippen molar-refractivity contribution >= 4 is 5.91 Å². The molecular weight excluding hydrogens is 327 g/mol. The first-order chi connectivity index (χ1) is 11.4. The van der Waals surface area contributed by atoms with E-state index in [1.807, 2.05) is 0 Å². The van der Waals surface area contributed by atoms with E-state index in [0.717, 1.165) is 12.1 Å². The lowest BCUT2D eigenvalue weighted by molar-refractivity contribution is -0.138. The molecule has 2 aromatic heterocycles. The summed E-state index contributed by atoms with van der Waals surface area (Å²) in [7, 11) is 1.48. The van der Waals surface area contributed by atoms with Gasteiger partial charge in [-0.1, -0.05) is 0 Å². The molecule has 1 aliphatic heterocycles. The van der Waals surface area contributed by atoms with E-state index in [-0.39, 0.29) is 25.1 Å². The number of pyridine rings is 1. The molecule has 0 aromatic carbocycles. The summed E-state index contributed by atoms with van der Waals surface area (Å²) in [6.07, 6.45) is -2.35. The van der Waals surface area contributed by atoms with Crippen molar-refractivity contribution in [2.24, 2.45) is 0 Å². The lowest BCUT2D eigenvalue weighted by Gasteiger charge is -2.18. The topological polar surface area (TPSA) is 84.0 Å². The van der Waals surface area contributed by atoms with Gasteiger partial charge in [0.1, 0.15) is 5.69 Å². The molecule has 3 rings (SSSR count). The van der Waals surface area contributed by atoms with E-state index in [2.05, 4.69) is 20.4 Å². The smallest absolute Gasteiger partial charge is 0.379 e. The fourth-order valence-electron chi connectivity index (χ4n) is 2.81. The van der Waals surface area contributed by atoms with Crippen molar-refractivity contribution in [3.8, 4) is 0 Å². The number of H-pyrrole nitrogens is 1. The first kappa shape index (κ1) is 16.4. The molecule has 0 saturated carbocycles. The normalized spacial score (nSPS) is 21.2. The summed E-state index contributed by atoms with van der Waals surface area (Å²) in [5.41, 5.74) is -1.07. The van der Waals surface area contributed by atoms with Gasteiger partial charge in [-0.2, -0.15) is 28.6 Å². The van der Waals surface area contributed by atoms with Gasteiger partial charge in [-0.25, -0.2) is 0 Å². The number of halogens is 3. The number of nitrogens with zero attached hydrogens (tertiary/aromatic N) is 4. The minimum atomic E-state index is -4.65. The molecule has 1 N–H and O–H groups in total. The van der Waals surface area contributed by atoms with E-state index in [1.54, 1.807) is 0 Å². The van der Waals surface area contributed by atoms with Crippen LogP contribution < -0.4 is 0 Å². The van der Waals surface area contributed by atoms with Crippen LogP contribution in [0.5, 0.6) is 0 Å². The standard InChI is InChI=1S/C14H14F3N5O2/c1-24-11-7-22(6-8(11)10-5-19-21-20-10)13(23)12-9(14(15,16)17)3-2-4-18-12/h2-5,8,11H,6-7H2,1H3,(H,19,20,21)/t8-,11+/m0/s1. The Morgan fingerprint density at radius 1 is 1.42 bits per heavy atom. The fourth-order valence-corrected chi connectivity index (χ4v) is 2.81. The van der Waals surface area contributed by atoms with E-state index in [4.69, 9.17) is 4.74 Å². The number of alkyl halides is 3. The number of aromatic nitrogens is 4. The predicted molar refractivity (Wildman–Crippen MR) is 75.1 cm³/mol. The highest BCUT2D eigenvalue weighted by Crippen LogP contribution is 2.33. The average Bonchev–Trinajstić information content (AvgIpc) is 3.22. The van der Waals surface area contributed by atoms with E-state index in [0.29, 0.717) is 5.69 Å². The molecule has 0 aliphatic carbocycles. The van der Waals surface area contributed by atoms with Crippen LogP contribution in [-0.4, -0.2) is 57.5 Å². The molecule has 2 atom stereocenters. The van der Waals surface area contributed by atoms with Crippen LogP contribution in [0, 0.1) is 0 Å². The van der Waals surface area contributed by atoms with Crippen molar-refractivity contribution in [3.63, 3.8) is 0 Å². The second kappa shape index (κ2) is 6.19. The summed E-state index contributed by atoms with van der Waals surface area (Å²) in [6.45, 7) is 0.332. The molecule has 24 heavy (non-hydrogen) atoms. The summed E-state index contributed by atoms with van der Waals surface area (Å²) in [5, 5.41) is 10.2. The second-order valence-electron chi connectivity index (χ2n) is 5.38. The molecule has 0 spiro atoms. The van der Waals surface area contributed by atoms with Crippen molar-refractivity contribution < 1.29 is 22.7 Å². The molecule has 128 valence electrons. The molecule has 0 unspecified atom stereocenters. The third kappa shape index (κ3) is 2.96. The van der Waals surface area contributed by atoms with Crippen molar-refractivity contribution in [1.29, 1.82) is 0 Å². The van der Waals surface area contributed by atoms with Gasteiger partial charge in [-0.15, -0.1) is 0 Å². The van der Waals surface area contributed by atoms with Crippen LogP contribution in [0.1, 0.15) is 27.7 Å². The first-order valence-electron chi connectivity index (χ1n) is 7.11. The van der Waals surface area contributed by atoms with Gasteiger partial charge in [0.05, 0.1) is 29.5 Å². The largest absolute Gasteiger partial charge is 0.418 e. The Kier molecular flexibility index (Phi) is 4.22. The first-order valence-corrected chi connectivity index (χ1v) is 7.11. The monoisotopic (exact) mass is 341 g/mol. The highest BCUT2D eigenvalue weighted by molar-refractivity contribution is 5.94. The van der Waals surface area contributed by atoms with E-state index in [1.165, 1.54) is 24.4 Å². The number of rotatable bonds is 3. The van der Waals surface area contributed by atoms with Gasteiger partial charge in [-0.05, 0) is 12.1 Å². The molecule has 0 bridgehead atoms. The maximum Gasteiger partial charge on any atom is 0.418 e. The average molecular weight is 341 g/mol. The Labute approximate surface area is 134 Å². The van der Waals surface area contributed by atoms with E-state index < -0.39 is 23.3 Å². The number of ether oxygens (including phenoxy) is 1. The highest BCUT2D eigenvalue weighted by Gasteiger charge is 2.42. The molecule has 7 nitrogen and oxygen atoms in total. The van der Waals surface area contributed by atoms with Crippen LogP contribution in [0.25, 0.3) is 0 Å². The van der Waals surface area contributed by atoms with Crippen molar-refractivity contribution in [1.82, 2.24) is 25.3 Å². The quantitative estimate of drug-likeness (QED) is 0.914. The van der Waals surface area contributed by atoms with Crippen LogP contribution in [0.2, 0.25) is 0 Å². The van der Waals surface area contributed by atoms with Crippen molar-refractivity contribution in [2.45, 2.75) is 18.2 Å². The van der Waals surface area contributed by atoms with Gasteiger partial charge < -0.3 is 9.64 Å². The fraction of sp³-hybridized carbons (Fsp3) is 0.429. The lowest BCUT2D eigenvalue weighted by Crippen LogP contribution is -2.32. The summed E-state index contributed by atoms with van der Waals surface area (Å²) in [5.74, 6) is -1.05. The molecule has 1 aliphatic rings. The van der Waals surface area contributed by atoms with Gasteiger partial charge in [0.25, 0.3) is 5.91 Å². The van der Waals surface area contributed by atoms with Crippen LogP contribution in [0.15, 0.2) is 24.5 Å². The zero-order chi connectivity index (χ0) is 17.3. The number of hydrogen-bond donors (Lipinski definition) is 1. The van der Waals surface area contributed by atoms with Gasteiger partial charge in [0.15, 0.2) is 0 Å². The zero-order valence-electron chi connectivity index (χ0n) is 12.6. The Hall–Kier alpha value is -2.49. The van der Waals surface area contributed by atoms with Crippen LogP contribution >= 0.6 is 0 Å². The number of aromatic amines is 1. The molecule has 3 heterocycles. The third-order valence-electron chi connectivity index (χ3n) is 3.99. The number of methoxy groups -OCH3 is 1. The summed E-state index contributed by atoms with van der Waals surface area (Å²) < 4.78 is 44.6. The molecule has 1 amide bonds. The zero-order valence-corrected chi connectivity index (χ0v) is 12.6. The summed E-state index contributed by atoms with van der Waals surface area (Å²) >= 11 is 0. The van der Waals surface area contributed by atoms with Gasteiger partial charge in [-0.3, -0.25) is 9.78 Å². The molecule has 0 radical (unpaired) electrons. The third-order valence-corrected chi connectivity index (χ3v) is 3.99. The number of nitrogens with one attached hydrogen (secondary N) is 1. The molecule has 2 aromatic rings. The highest BCUT2D eigenvalue weighted by atomic mass is 19.4. The Balaban J connectivity index is 1.87. The SMILES string of the molecule is CO[C@@H]1CN(C(=O)c2ncccc2C(F)(F)F)C[C@H]1c1cn[nH]n1. The molecule has 10 heteroatoms.